The van der Waals surface area contributed by atoms with Crippen LogP contribution in [-0.4, -0.2) is 31.9 Å². The molecular formula is C15H14N4O3. The third-order valence-corrected chi connectivity index (χ3v) is 3.53. The topological polar surface area (TPSA) is 105 Å². The average molecular weight is 298 g/mol. The first kappa shape index (κ1) is 14.1. The Morgan fingerprint density at radius 1 is 1.00 bits per heavy atom. The lowest BCUT2D eigenvalue weighted by atomic mass is 9.96. The van der Waals surface area contributed by atoms with Crippen LogP contribution in [0.1, 0.15) is 45.1 Å². The molecule has 1 amide bonds. The molecule has 0 saturated carbocycles. The summed E-state index contributed by atoms with van der Waals surface area (Å²) in [6.07, 6.45) is 8.06. The highest BCUT2D eigenvalue weighted by molar-refractivity contribution is 6.02. The van der Waals surface area contributed by atoms with E-state index in [1.54, 1.807) is 6.20 Å². The van der Waals surface area contributed by atoms with Crippen LogP contribution in [-0.2, 0) is 12.8 Å². The molecule has 0 saturated heterocycles. The summed E-state index contributed by atoms with van der Waals surface area (Å²) in [4.78, 5) is 34.6. The first-order valence-electron chi connectivity index (χ1n) is 6.98. The van der Waals surface area contributed by atoms with Crippen LogP contribution in [0.5, 0.6) is 0 Å². The van der Waals surface area contributed by atoms with Crippen molar-refractivity contribution in [3.05, 3.63) is 47.3 Å². The molecule has 1 aliphatic carbocycles. The monoisotopic (exact) mass is 298 g/mol. The minimum atomic E-state index is -1.18. The maximum absolute atomic E-state index is 12.1. The molecule has 2 aromatic rings. The van der Waals surface area contributed by atoms with Crippen LogP contribution < -0.4 is 5.32 Å². The van der Waals surface area contributed by atoms with Gasteiger partial charge < -0.3 is 10.4 Å². The SMILES string of the molecule is O=C(O)c1cnc(C(=O)Nc2cnc3c(c2)CCCC3)cn1. The molecule has 0 radical (unpaired) electrons. The Bertz CT molecular complexity index is 728. The van der Waals surface area contributed by atoms with Gasteiger partial charge >= 0.3 is 5.97 Å². The van der Waals surface area contributed by atoms with Gasteiger partial charge in [-0.25, -0.2) is 14.8 Å². The Morgan fingerprint density at radius 3 is 2.45 bits per heavy atom. The fraction of sp³-hybridized carbons (Fsp3) is 0.267. The molecular weight excluding hydrogens is 284 g/mol. The Hall–Kier alpha value is -2.83. The van der Waals surface area contributed by atoms with E-state index < -0.39 is 11.9 Å². The van der Waals surface area contributed by atoms with E-state index >= 15 is 0 Å². The average Bonchev–Trinajstić information content (AvgIpc) is 2.55. The molecule has 3 rings (SSSR count). The van der Waals surface area contributed by atoms with Crippen molar-refractivity contribution in [2.75, 3.05) is 5.32 Å². The highest BCUT2D eigenvalue weighted by Gasteiger charge is 2.14. The van der Waals surface area contributed by atoms with Gasteiger partial charge in [-0.2, -0.15) is 0 Å². The summed E-state index contributed by atoms with van der Waals surface area (Å²) in [6, 6.07) is 1.93. The summed E-state index contributed by atoms with van der Waals surface area (Å²) in [5.41, 5.74) is 2.72. The van der Waals surface area contributed by atoms with E-state index in [1.165, 1.54) is 0 Å². The minimum Gasteiger partial charge on any atom is -0.476 e. The van der Waals surface area contributed by atoms with Crippen molar-refractivity contribution in [1.82, 2.24) is 15.0 Å². The van der Waals surface area contributed by atoms with Gasteiger partial charge in [-0.1, -0.05) is 0 Å². The number of fused-ring (bicyclic) bond motifs is 1. The summed E-state index contributed by atoms with van der Waals surface area (Å²) in [6.45, 7) is 0. The summed E-state index contributed by atoms with van der Waals surface area (Å²) in [5, 5.41) is 11.5. The van der Waals surface area contributed by atoms with Crippen molar-refractivity contribution >= 4 is 17.6 Å². The fourth-order valence-electron chi connectivity index (χ4n) is 2.41. The molecule has 112 valence electrons. The Labute approximate surface area is 126 Å². The number of rotatable bonds is 3. The van der Waals surface area contributed by atoms with Crippen molar-refractivity contribution in [1.29, 1.82) is 0 Å². The molecule has 2 aromatic heterocycles. The van der Waals surface area contributed by atoms with Gasteiger partial charge in [0.2, 0.25) is 0 Å². The zero-order chi connectivity index (χ0) is 15.5. The molecule has 0 bridgehead atoms. The van der Waals surface area contributed by atoms with Crippen LogP contribution in [0.3, 0.4) is 0 Å². The van der Waals surface area contributed by atoms with E-state index in [2.05, 4.69) is 20.3 Å². The summed E-state index contributed by atoms with van der Waals surface area (Å²) in [7, 11) is 0. The number of aromatic carboxylic acids is 1. The molecule has 22 heavy (non-hydrogen) atoms. The largest absolute Gasteiger partial charge is 0.476 e. The molecule has 7 heteroatoms. The second-order valence-electron chi connectivity index (χ2n) is 5.08. The van der Waals surface area contributed by atoms with Gasteiger partial charge in [0.25, 0.3) is 5.91 Å². The van der Waals surface area contributed by atoms with Gasteiger partial charge in [0.1, 0.15) is 5.69 Å². The van der Waals surface area contributed by atoms with Gasteiger partial charge in [-0.3, -0.25) is 9.78 Å². The van der Waals surface area contributed by atoms with Crippen molar-refractivity contribution in [2.45, 2.75) is 25.7 Å². The van der Waals surface area contributed by atoms with Crippen molar-refractivity contribution in [3.63, 3.8) is 0 Å². The van der Waals surface area contributed by atoms with E-state index in [-0.39, 0.29) is 11.4 Å². The lowest BCUT2D eigenvalue weighted by molar-refractivity contribution is 0.0689. The molecule has 0 aliphatic heterocycles. The van der Waals surface area contributed by atoms with Crippen molar-refractivity contribution < 1.29 is 14.7 Å². The van der Waals surface area contributed by atoms with E-state index in [0.29, 0.717) is 5.69 Å². The fourth-order valence-corrected chi connectivity index (χ4v) is 2.41. The van der Waals surface area contributed by atoms with E-state index in [0.717, 1.165) is 49.3 Å². The lowest BCUT2D eigenvalue weighted by Crippen LogP contribution is -2.16. The quantitative estimate of drug-likeness (QED) is 0.893. The van der Waals surface area contributed by atoms with Crippen molar-refractivity contribution in [2.24, 2.45) is 0 Å². The number of carbonyl (C=O) groups excluding carboxylic acids is 1. The normalized spacial score (nSPS) is 13.3. The van der Waals surface area contributed by atoms with Crippen LogP contribution in [0.15, 0.2) is 24.7 Å². The van der Waals surface area contributed by atoms with E-state index in [9.17, 15) is 9.59 Å². The zero-order valence-corrected chi connectivity index (χ0v) is 11.7. The maximum atomic E-state index is 12.1. The number of nitrogens with one attached hydrogen (secondary N) is 1. The molecule has 7 nitrogen and oxygen atoms in total. The molecule has 0 aromatic carbocycles. The number of pyridine rings is 1. The van der Waals surface area contributed by atoms with E-state index in [1.807, 2.05) is 6.07 Å². The number of aromatic nitrogens is 3. The van der Waals surface area contributed by atoms with E-state index in [4.69, 9.17) is 5.11 Å². The van der Waals surface area contributed by atoms with Gasteiger partial charge in [-0.15, -0.1) is 0 Å². The molecule has 0 fully saturated rings. The number of carboxylic acids is 1. The number of aryl methyl sites for hydroxylation is 2. The molecule has 0 unspecified atom stereocenters. The second-order valence-corrected chi connectivity index (χ2v) is 5.08. The number of carbonyl (C=O) groups is 2. The number of anilines is 1. The molecule has 0 atom stereocenters. The van der Waals surface area contributed by atoms with Crippen LogP contribution >= 0.6 is 0 Å². The molecule has 1 aliphatic rings. The summed E-state index contributed by atoms with van der Waals surface area (Å²) in [5.74, 6) is -1.62. The number of hydrogen-bond acceptors (Lipinski definition) is 5. The zero-order valence-electron chi connectivity index (χ0n) is 11.7. The number of amides is 1. The first-order valence-corrected chi connectivity index (χ1v) is 6.98. The summed E-state index contributed by atoms with van der Waals surface area (Å²) >= 11 is 0. The third kappa shape index (κ3) is 2.93. The Kier molecular flexibility index (Phi) is 3.78. The van der Waals surface area contributed by atoms with Gasteiger partial charge in [0, 0.05) is 5.69 Å². The molecule has 2 N–H and O–H groups in total. The predicted octanol–water partition coefficient (Wildman–Crippen LogP) is 1.70. The third-order valence-electron chi connectivity index (χ3n) is 3.53. The number of nitrogens with zero attached hydrogens (tertiary/aromatic N) is 3. The van der Waals surface area contributed by atoms with Crippen LogP contribution in [0.4, 0.5) is 5.69 Å². The van der Waals surface area contributed by atoms with Crippen molar-refractivity contribution in [3.8, 4) is 0 Å². The maximum Gasteiger partial charge on any atom is 0.356 e. The highest BCUT2D eigenvalue weighted by Crippen LogP contribution is 2.22. The van der Waals surface area contributed by atoms with Gasteiger partial charge in [0.15, 0.2) is 5.69 Å². The Morgan fingerprint density at radius 2 is 1.73 bits per heavy atom. The number of carboxylic acid groups (broad SMARTS) is 1. The molecule has 2 heterocycles. The minimum absolute atomic E-state index is 0.0581. The highest BCUT2D eigenvalue weighted by atomic mass is 16.4. The molecule has 0 spiro atoms. The van der Waals surface area contributed by atoms with Gasteiger partial charge in [-0.05, 0) is 37.3 Å². The smallest absolute Gasteiger partial charge is 0.356 e. The Balaban J connectivity index is 1.75. The first-order chi connectivity index (χ1) is 10.6. The second kappa shape index (κ2) is 5.88. The predicted molar refractivity (Wildman–Crippen MR) is 77.8 cm³/mol. The van der Waals surface area contributed by atoms with Crippen LogP contribution in [0.25, 0.3) is 0 Å². The standard InChI is InChI=1S/C15H14N4O3/c20-14(12-7-18-13(8-17-12)15(21)22)19-10-5-9-3-1-2-4-11(9)16-6-10/h5-8H,1-4H2,(H,19,20)(H,21,22). The number of hydrogen-bond donors (Lipinski definition) is 2. The van der Waals surface area contributed by atoms with Crippen LogP contribution in [0, 0.1) is 0 Å². The lowest BCUT2D eigenvalue weighted by Gasteiger charge is -2.15. The van der Waals surface area contributed by atoms with Gasteiger partial charge in [0.05, 0.1) is 24.3 Å². The summed E-state index contributed by atoms with van der Waals surface area (Å²) < 4.78 is 0. The van der Waals surface area contributed by atoms with Crippen LogP contribution in [0.2, 0.25) is 0 Å².